The lowest BCUT2D eigenvalue weighted by atomic mass is 10.1. The van der Waals surface area contributed by atoms with Gasteiger partial charge in [-0.25, -0.2) is 0 Å². The Kier molecular flexibility index (Phi) is 4.82. The molecule has 2 aromatic rings. The predicted molar refractivity (Wildman–Crippen MR) is 77.5 cm³/mol. The highest BCUT2D eigenvalue weighted by Gasteiger charge is 2.33. The zero-order chi connectivity index (χ0) is 15.5. The van der Waals surface area contributed by atoms with Crippen LogP contribution in [0.1, 0.15) is 10.4 Å². The average molecular weight is 361 g/mol. The van der Waals surface area contributed by atoms with E-state index in [1.54, 1.807) is 24.3 Å². The smallest absolute Gasteiger partial charge is 0.329 e. The van der Waals surface area contributed by atoms with Crippen molar-refractivity contribution in [2.75, 3.05) is 18.4 Å². The Balaban J connectivity index is 2.39. The van der Waals surface area contributed by atoms with Gasteiger partial charge < -0.3 is 4.90 Å². The van der Waals surface area contributed by atoms with E-state index in [1.807, 2.05) is 0 Å². The minimum absolute atomic E-state index is 0.0189. The van der Waals surface area contributed by atoms with Gasteiger partial charge >= 0.3 is 6.18 Å². The van der Waals surface area contributed by atoms with Crippen LogP contribution in [0.4, 0.5) is 13.2 Å². The van der Waals surface area contributed by atoms with Gasteiger partial charge in [0.1, 0.15) is 6.54 Å². The first-order chi connectivity index (χ1) is 9.92. The molecule has 21 heavy (non-hydrogen) atoms. The van der Waals surface area contributed by atoms with Gasteiger partial charge in [-0.1, -0.05) is 34.1 Å². The van der Waals surface area contributed by atoms with Crippen molar-refractivity contribution in [1.82, 2.24) is 9.88 Å². The highest BCUT2D eigenvalue weighted by Crippen LogP contribution is 2.21. The maximum atomic E-state index is 12.6. The topological polar surface area (TPSA) is 33.2 Å². The van der Waals surface area contributed by atoms with E-state index >= 15 is 0 Å². The first-order valence-corrected chi connectivity index (χ1v) is 7.30. The molecule has 1 heterocycles. The molecule has 3 nitrogen and oxygen atoms in total. The third kappa shape index (κ3) is 3.93. The molecular weight excluding hydrogens is 349 g/mol. The number of halogens is 4. The molecule has 112 valence electrons. The zero-order valence-corrected chi connectivity index (χ0v) is 12.5. The summed E-state index contributed by atoms with van der Waals surface area (Å²) < 4.78 is 37.8. The number of carbonyl (C=O) groups excluding carboxylic acids is 1. The molecule has 0 saturated heterocycles. The fraction of sp³-hybridized carbons (Fsp3) is 0.286. The number of aromatic nitrogens is 1. The second-order valence-corrected chi connectivity index (χ2v) is 5.20. The Morgan fingerprint density at radius 3 is 2.62 bits per heavy atom. The second-order valence-electron chi connectivity index (χ2n) is 4.41. The summed E-state index contributed by atoms with van der Waals surface area (Å²) in [5.74, 6) is -0.648. The molecular formula is C14H12BrF3N2O. The van der Waals surface area contributed by atoms with Gasteiger partial charge in [-0.15, -0.1) is 0 Å². The van der Waals surface area contributed by atoms with Crippen LogP contribution in [-0.4, -0.2) is 40.4 Å². The summed E-state index contributed by atoms with van der Waals surface area (Å²) in [6.45, 7) is -1.29. The summed E-state index contributed by atoms with van der Waals surface area (Å²) in [6.07, 6.45) is -3.00. The normalized spacial score (nSPS) is 11.6. The van der Waals surface area contributed by atoms with Gasteiger partial charge in [0.15, 0.2) is 0 Å². The number of para-hydroxylation sites is 1. The number of pyridine rings is 1. The van der Waals surface area contributed by atoms with Gasteiger partial charge in [0.2, 0.25) is 0 Å². The molecule has 0 N–H and O–H groups in total. The fourth-order valence-corrected chi connectivity index (χ4v) is 2.45. The standard InChI is InChI=1S/C14H12BrF3N2O/c15-6-8-20(9-14(16,17)18)13(21)11-5-7-19-12-4-2-1-3-10(11)12/h1-5,7H,6,8-9H2. The third-order valence-electron chi connectivity index (χ3n) is 2.89. The molecule has 1 amide bonds. The molecule has 0 spiro atoms. The maximum Gasteiger partial charge on any atom is 0.406 e. The molecule has 2 rings (SSSR count). The van der Waals surface area contributed by atoms with Gasteiger partial charge in [0.05, 0.1) is 11.1 Å². The molecule has 0 bridgehead atoms. The Bertz CT molecular complexity index is 640. The van der Waals surface area contributed by atoms with Crippen LogP contribution in [0.3, 0.4) is 0 Å². The highest BCUT2D eigenvalue weighted by molar-refractivity contribution is 9.09. The lowest BCUT2D eigenvalue weighted by molar-refractivity contribution is -0.140. The van der Waals surface area contributed by atoms with Crippen LogP contribution in [0.25, 0.3) is 10.9 Å². The van der Waals surface area contributed by atoms with Crippen LogP contribution in [0.2, 0.25) is 0 Å². The van der Waals surface area contributed by atoms with E-state index in [-0.39, 0.29) is 17.4 Å². The Morgan fingerprint density at radius 1 is 1.24 bits per heavy atom. The van der Waals surface area contributed by atoms with Crippen molar-refractivity contribution >= 4 is 32.7 Å². The molecule has 0 aliphatic carbocycles. The third-order valence-corrected chi connectivity index (χ3v) is 3.25. The number of carbonyl (C=O) groups is 1. The van der Waals surface area contributed by atoms with Crippen LogP contribution in [0, 0.1) is 0 Å². The van der Waals surface area contributed by atoms with E-state index < -0.39 is 18.6 Å². The van der Waals surface area contributed by atoms with Gasteiger partial charge in [-0.3, -0.25) is 9.78 Å². The quantitative estimate of drug-likeness (QED) is 0.780. The van der Waals surface area contributed by atoms with Crippen molar-refractivity contribution in [1.29, 1.82) is 0 Å². The molecule has 0 aliphatic rings. The summed E-state index contributed by atoms with van der Waals surface area (Å²) in [4.78, 5) is 17.3. The lowest BCUT2D eigenvalue weighted by Crippen LogP contribution is -2.40. The van der Waals surface area contributed by atoms with Crippen molar-refractivity contribution in [2.45, 2.75) is 6.18 Å². The number of nitrogens with zero attached hydrogens (tertiary/aromatic N) is 2. The van der Waals surface area contributed by atoms with E-state index in [2.05, 4.69) is 20.9 Å². The number of fused-ring (bicyclic) bond motifs is 1. The summed E-state index contributed by atoms with van der Waals surface area (Å²) in [5.41, 5.74) is 0.806. The molecule has 7 heteroatoms. The molecule has 1 aromatic heterocycles. The maximum absolute atomic E-state index is 12.6. The van der Waals surface area contributed by atoms with E-state index in [9.17, 15) is 18.0 Å². The summed E-state index contributed by atoms with van der Waals surface area (Å²) in [5, 5.41) is 0.824. The summed E-state index contributed by atoms with van der Waals surface area (Å²) in [7, 11) is 0. The fourth-order valence-electron chi connectivity index (χ4n) is 2.02. The van der Waals surface area contributed by atoms with Crippen LogP contribution < -0.4 is 0 Å². The van der Waals surface area contributed by atoms with Gasteiger partial charge in [0.25, 0.3) is 5.91 Å². The van der Waals surface area contributed by atoms with Gasteiger partial charge in [-0.05, 0) is 12.1 Å². The number of rotatable bonds is 4. The zero-order valence-electron chi connectivity index (χ0n) is 10.9. The average Bonchev–Trinajstić information content (AvgIpc) is 2.44. The Hall–Kier alpha value is -1.63. The first-order valence-electron chi connectivity index (χ1n) is 6.18. The van der Waals surface area contributed by atoms with Crippen LogP contribution >= 0.6 is 15.9 Å². The number of amides is 1. The SMILES string of the molecule is O=C(c1ccnc2ccccc12)N(CCBr)CC(F)(F)F. The van der Waals surface area contributed by atoms with Crippen LogP contribution in [0.15, 0.2) is 36.5 Å². The molecule has 0 fully saturated rings. The lowest BCUT2D eigenvalue weighted by Gasteiger charge is -2.23. The number of hydrogen-bond donors (Lipinski definition) is 0. The van der Waals surface area contributed by atoms with Crippen molar-refractivity contribution in [3.63, 3.8) is 0 Å². The van der Waals surface area contributed by atoms with Crippen LogP contribution in [0.5, 0.6) is 0 Å². The molecule has 0 radical (unpaired) electrons. The molecule has 0 saturated carbocycles. The van der Waals surface area contributed by atoms with Crippen molar-refractivity contribution in [3.8, 4) is 0 Å². The number of alkyl halides is 4. The molecule has 1 aromatic carbocycles. The van der Waals surface area contributed by atoms with Crippen molar-refractivity contribution < 1.29 is 18.0 Å². The van der Waals surface area contributed by atoms with E-state index in [1.165, 1.54) is 12.3 Å². The Labute approximate surface area is 127 Å². The predicted octanol–water partition coefficient (Wildman–Crippen LogP) is 3.63. The minimum Gasteiger partial charge on any atom is -0.329 e. The highest BCUT2D eigenvalue weighted by atomic mass is 79.9. The molecule has 0 atom stereocenters. The van der Waals surface area contributed by atoms with Crippen molar-refractivity contribution in [2.24, 2.45) is 0 Å². The van der Waals surface area contributed by atoms with E-state index in [0.717, 1.165) is 4.90 Å². The monoisotopic (exact) mass is 360 g/mol. The molecule has 0 unspecified atom stereocenters. The van der Waals surface area contributed by atoms with Gasteiger partial charge in [0, 0.05) is 23.5 Å². The largest absolute Gasteiger partial charge is 0.406 e. The number of benzene rings is 1. The molecule has 0 aliphatic heterocycles. The van der Waals surface area contributed by atoms with Gasteiger partial charge in [-0.2, -0.15) is 13.2 Å². The van der Waals surface area contributed by atoms with E-state index in [4.69, 9.17) is 0 Å². The van der Waals surface area contributed by atoms with E-state index in [0.29, 0.717) is 10.9 Å². The summed E-state index contributed by atoms with van der Waals surface area (Å²) >= 11 is 3.07. The summed E-state index contributed by atoms with van der Waals surface area (Å²) in [6, 6.07) is 8.32. The second kappa shape index (κ2) is 6.43. The van der Waals surface area contributed by atoms with Crippen molar-refractivity contribution in [3.05, 3.63) is 42.1 Å². The van der Waals surface area contributed by atoms with Crippen LogP contribution in [-0.2, 0) is 0 Å². The minimum atomic E-state index is -4.43. The Morgan fingerprint density at radius 2 is 1.95 bits per heavy atom. The first kappa shape index (κ1) is 15.8. The number of hydrogen-bond acceptors (Lipinski definition) is 2.